The summed E-state index contributed by atoms with van der Waals surface area (Å²) < 4.78 is 0. The third-order valence-electron chi connectivity index (χ3n) is 3.84. The van der Waals surface area contributed by atoms with Gasteiger partial charge in [-0.2, -0.15) is 0 Å². The van der Waals surface area contributed by atoms with Gasteiger partial charge in [0.05, 0.1) is 0 Å². The topological polar surface area (TPSA) is 12.0 Å². The summed E-state index contributed by atoms with van der Waals surface area (Å²) in [6.45, 7) is 8.43. The van der Waals surface area contributed by atoms with Crippen LogP contribution in [0, 0.1) is 17.3 Å². The van der Waals surface area contributed by atoms with E-state index in [9.17, 15) is 0 Å². The minimum Gasteiger partial charge on any atom is -0.314 e. The Morgan fingerprint density at radius 1 is 1.17 bits per heavy atom. The second-order valence-electron chi connectivity index (χ2n) is 5.64. The molecule has 0 amide bonds. The molecule has 1 aliphatic carbocycles. The zero-order chi connectivity index (χ0) is 8.77. The molecule has 3 atom stereocenters. The molecular weight excluding hydrogens is 146 g/mol. The Morgan fingerprint density at radius 2 is 1.92 bits per heavy atom. The number of nitrogens with one attached hydrogen (secondary N) is 1. The van der Waals surface area contributed by atoms with Gasteiger partial charge in [0.15, 0.2) is 0 Å². The first kappa shape index (κ1) is 8.55. The van der Waals surface area contributed by atoms with E-state index < -0.39 is 0 Å². The molecule has 2 rings (SSSR count). The molecule has 0 aromatic carbocycles. The number of hydrogen-bond donors (Lipinski definition) is 1. The molecule has 0 aromatic heterocycles. The van der Waals surface area contributed by atoms with Crippen LogP contribution >= 0.6 is 0 Å². The van der Waals surface area contributed by atoms with Gasteiger partial charge in [-0.25, -0.2) is 0 Å². The van der Waals surface area contributed by atoms with Gasteiger partial charge in [-0.15, -0.1) is 0 Å². The smallest absolute Gasteiger partial charge is 0.00987 e. The van der Waals surface area contributed by atoms with Crippen LogP contribution in [0.25, 0.3) is 0 Å². The highest BCUT2D eigenvalue weighted by Gasteiger charge is 2.41. The number of fused-ring (bicyclic) bond motifs is 1. The van der Waals surface area contributed by atoms with Gasteiger partial charge >= 0.3 is 0 Å². The molecule has 1 heteroatoms. The molecule has 0 aromatic rings. The van der Waals surface area contributed by atoms with Crippen LogP contribution in [-0.4, -0.2) is 12.6 Å². The SMILES string of the molecule is CC(C)(C)[C@@H]1CC2NCC[C@@H]2C1. The van der Waals surface area contributed by atoms with Crippen LogP contribution < -0.4 is 5.32 Å². The second kappa shape index (κ2) is 2.73. The van der Waals surface area contributed by atoms with E-state index in [4.69, 9.17) is 0 Å². The van der Waals surface area contributed by atoms with Crippen molar-refractivity contribution in [1.82, 2.24) is 5.32 Å². The van der Waals surface area contributed by atoms with Gasteiger partial charge in [-0.1, -0.05) is 20.8 Å². The Bertz CT molecular complexity index is 156. The fourth-order valence-corrected chi connectivity index (χ4v) is 2.86. The van der Waals surface area contributed by atoms with Crippen molar-refractivity contribution in [2.24, 2.45) is 17.3 Å². The summed E-state index contributed by atoms with van der Waals surface area (Å²) in [6.07, 6.45) is 4.33. The summed E-state index contributed by atoms with van der Waals surface area (Å²) in [6, 6.07) is 0.870. The van der Waals surface area contributed by atoms with Crippen LogP contribution in [0.5, 0.6) is 0 Å². The average molecular weight is 167 g/mol. The first-order chi connectivity index (χ1) is 5.57. The molecular formula is C11H21N. The van der Waals surface area contributed by atoms with E-state index in [2.05, 4.69) is 26.1 Å². The van der Waals surface area contributed by atoms with E-state index in [0.717, 1.165) is 17.9 Å². The van der Waals surface area contributed by atoms with Crippen LogP contribution in [0.15, 0.2) is 0 Å². The lowest BCUT2D eigenvalue weighted by atomic mass is 9.79. The Balaban J connectivity index is 1.99. The molecule has 12 heavy (non-hydrogen) atoms. The van der Waals surface area contributed by atoms with Crippen molar-refractivity contribution in [3.8, 4) is 0 Å². The summed E-state index contributed by atoms with van der Waals surface area (Å²) in [5.74, 6) is 1.97. The van der Waals surface area contributed by atoms with Crippen molar-refractivity contribution >= 4 is 0 Å². The monoisotopic (exact) mass is 167 g/mol. The largest absolute Gasteiger partial charge is 0.314 e. The molecule has 1 saturated heterocycles. The average Bonchev–Trinajstić information content (AvgIpc) is 2.37. The minimum atomic E-state index is 0.534. The van der Waals surface area contributed by atoms with E-state index in [1.54, 1.807) is 0 Å². The highest BCUT2D eigenvalue weighted by Crippen LogP contribution is 2.44. The third-order valence-corrected chi connectivity index (χ3v) is 3.84. The maximum atomic E-state index is 3.62. The van der Waals surface area contributed by atoms with Crippen molar-refractivity contribution in [2.45, 2.75) is 46.1 Å². The Labute approximate surface area is 75.9 Å². The van der Waals surface area contributed by atoms with Gasteiger partial charge < -0.3 is 5.32 Å². The lowest BCUT2D eigenvalue weighted by Gasteiger charge is -2.27. The van der Waals surface area contributed by atoms with Crippen LogP contribution in [0.1, 0.15) is 40.0 Å². The fraction of sp³-hybridized carbons (Fsp3) is 1.00. The molecule has 0 radical (unpaired) electrons. The van der Waals surface area contributed by atoms with Crippen LogP contribution in [-0.2, 0) is 0 Å². The second-order valence-corrected chi connectivity index (χ2v) is 5.64. The maximum Gasteiger partial charge on any atom is 0.00987 e. The molecule has 70 valence electrons. The van der Waals surface area contributed by atoms with Crippen molar-refractivity contribution in [2.75, 3.05) is 6.54 Å². The molecule has 1 unspecified atom stereocenters. The molecule has 2 aliphatic rings. The van der Waals surface area contributed by atoms with Gasteiger partial charge in [0.2, 0.25) is 0 Å². The van der Waals surface area contributed by atoms with E-state index in [0.29, 0.717) is 5.41 Å². The maximum absolute atomic E-state index is 3.62. The molecule has 1 heterocycles. The first-order valence-corrected chi connectivity index (χ1v) is 5.31. The summed E-state index contributed by atoms with van der Waals surface area (Å²) in [4.78, 5) is 0. The number of hydrogen-bond acceptors (Lipinski definition) is 1. The van der Waals surface area contributed by atoms with Gasteiger partial charge in [-0.05, 0) is 43.1 Å². The van der Waals surface area contributed by atoms with Gasteiger partial charge in [-0.3, -0.25) is 0 Å². The molecule has 0 spiro atoms. The van der Waals surface area contributed by atoms with Crippen LogP contribution in [0.2, 0.25) is 0 Å². The van der Waals surface area contributed by atoms with E-state index >= 15 is 0 Å². The zero-order valence-electron chi connectivity index (χ0n) is 8.56. The fourth-order valence-electron chi connectivity index (χ4n) is 2.86. The lowest BCUT2D eigenvalue weighted by Crippen LogP contribution is -2.25. The lowest BCUT2D eigenvalue weighted by molar-refractivity contribution is 0.234. The quantitative estimate of drug-likeness (QED) is 0.584. The Kier molecular flexibility index (Phi) is 1.95. The summed E-state index contributed by atoms with van der Waals surface area (Å²) in [5.41, 5.74) is 0.534. The summed E-state index contributed by atoms with van der Waals surface area (Å²) >= 11 is 0. The Morgan fingerprint density at radius 3 is 2.50 bits per heavy atom. The molecule has 1 nitrogen and oxygen atoms in total. The van der Waals surface area contributed by atoms with Crippen molar-refractivity contribution < 1.29 is 0 Å². The third kappa shape index (κ3) is 1.39. The highest BCUT2D eigenvalue weighted by atomic mass is 15.0. The molecule has 2 fully saturated rings. The van der Waals surface area contributed by atoms with Crippen molar-refractivity contribution in [3.05, 3.63) is 0 Å². The molecule has 0 bridgehead atoms. The van der Waals surface area contributed by atoms with Gasteiger partial charge in [0.25, 0.3) is 0 Å². The standard InChI is InChI=1S/C11H21N/c1-11(2,3)9-6-8-4-5-12-10(8)7-9/h8-10,12H,4-7H2,1-3H3/t8-,9+,10?/m1/s1. The van der Waals surface area contributed by atoms with E-state index in [1.165, 1.54) is 25.8 Å². The predicted octanol–water partition coefficient (Wildman–Crippen LogP) is 2.42. The molecule has 1 saturated carbocycles. The Hall–Kier alpha value is -0.0400. The zero-order valence-corrected chi connectivity index (χ0v) is 8.56. The normalized spacial score (nSPS) is 41.8. The van der Waals surface area contributed by atoms with E-state index in [1.807, 2.05) is 0 Å². The highest BCUT2D eigenvalue weighted by molar-refractivity contribution is 4.96. The van der Waals surface area contributed by atoms with Gasteiger partial charge in [0.1, 0.15) is 0 Å². The molecule has 1 aliphatic heterocycles. The van der Waals surface area contributed by atoms with E-state index in [-0.39, 0.29) is 0 Å². The molecule has 1 N–H and O–H groups in total. The summed E-state index contributed by atoms with van der Waals surface area (Å²) in [7, 11) is 0. The predicted molar refractivity (Wildman–Crippen MR) is 52.1 cm³/mol. The van der Waals surface area contributed by atoms with Crippen molar-refractivity contribution in [1.29, 1.82) is 0 Å². The minimum absolute atomic E-state index is 0.534. The number of rotatable bonds is 0. The van der Waals surface area contributed by atoms with Gasteiger partial charge in [0, 0.05) is 6.04 Å². The first-order valence-electron chi connectivity index (χ1n) is 5.31. The van der Waals surface area contributed by atoms with Crippen LogP contribution in [0.4, 0.5) is 0 Å². The van der Waals surface area contributed by atoms with Crippen LogP contribution in [0.3, 0.4) is 0 Å². The summed E-state index contributed by atoms with van der Waals surface area (Å²) in [5, 5.41) is 3.62. The van der Waals surface area contributed by atoms with Crippen molar-refractivity contribution in [3.63, 3.8) is 0 Å².